The van der Waals surface area contributed by atoms with E-state index >= 15 is 0 Å². The normalized spacial score (nSPS) is 21.4. The van der Waals surface area contributed by atoms with Gasteiger partial charge in [-0.1, -0.05) is 11.6 Å². The number of piperidine rings is 1. The van der Waals surface area contributed by atoms with Gasteiger partial charge in [0.1, 0.15) is 33.9 Å². The predicted octanol–water partition coefficient (Wildman–Crippen LogP) is 7.75. The monoisotopic (exact) mass is 828 g/mol. The summed E-state index contributed by atoms with van der Waals surface area (Å²) >= 11 is 7.94. The van der Waals surface area contributed by atoms with E-state index < -0.39 is 0 Å². The molecule has 2 aliphatic heterocycles. The number of carbonyl (C=O) groups is 1. The summed E-state index contributed by atoms with van der Waals surface area (Å²) in [6, 6.07) is 15.0. The molecule has 3 saturated carbocycles. The summed E-state index contributed by atoms with van der Waals surface area (Å²) in [6.07, 6.45) is 11.4. The van der Waals surface area contributed by atoms with Gasteiger partial charge in [0.25, 0.3) is 5.91 Å². The first-order valence-corrected chi connectivity index (χ1v) is 21.8. The summed E-state index contributed by atoms with van der Waals surface area (Å²) < 4.78 is 14.8. The van der Waals surface area contributed by atoms with Crippen LogP contribution < -0.4 is 19.7 Å². The molecule has 0 atom stereocenters. The van der Waals surface area contributed by atoms with E-state index in [-0.39, 0.29) is 35.1 Å². The minimum Gasteiger partial charge on any atom is -0.490 e. The maximum atomic E-state index is 13.1. The molecule has 1 N–H and O–H groups in total. The standard InChI is InChI=1S/C44H45ClN10O3S/c1-25-26(2)59-41-38(25)39(49-44(14-15-44)42-53-50-27(3)55(41)42)35-11-10-32(24-47-35)58-33-21-43(22-33)16-18-54(19-17-43)37-13-12-36(51-52-37)40(56)48-29-5-8-30(9-6-29)57-31-7-4-28(23-46)34(45)20-31/h4,7,10-13,20,24,29-30,33H,5-6,8-9,14-19,21-22H2,1-3H3,(H,48,56). The van der Waals surface area contributed by atoms with Crippen molar-refractivity contribution in [2.75, 3.05) is 18.0 Å². The zero-order chi connectivity index (χ0) is 40.5. The van der Waals surface area contributed by atoms with Crippen molar-refractivity contribution in [2.24, 2.45) is 10.4 Å². The zero-order valence-electron chi connectivity index (χ0n) is 33.4. The van der Waals surface area contributed by atoms with Gasteiger partial charge in [0.05, 0.1) is 40.4 Å². The lowest BCUT2D eigenvalue weighted by molar-refractivity contribution is -0.0312. The molecule has 0 radical (unpaired) electrons. The Morgan fingerprint density at radius 2 is 1.68 bits per heavy atom. The second kappa shape index (κ2) is 14.7. The van der Waals surface area contributed by atoms with Crippen molar-refractivity contribution >= 4 is 40.4 Å². The molecule has 3 aliphatic carbocycles. The molecule has 13 nitrogen and oxygen atoms in total. The first kappa shape index (κ1) is 37.9. The summed E-state index contributed by atoms with van der Waals surface area (Å²) in [4.78, 5) is 26.9. The number of anilines is 1. The number of nitrogens with one attached hydrogen (secondary N) is 1. The Labute approximate surface area is 351 Å². The summed E-state index contributed by atoms with van der Waals surface area (Å²) in [5, 5.41) is 31.6. The van der Waals surface area contributed by atoms with Crippen LogP contribution in [0, 0.1) is 37.5 Å². The lowest BCUT2D eigenvalue weighted by Gasteiger charge is -2.51. The fraction of sp³-hybridized carbons (Fsp3) is 0.455. The van der Waals surface area contributed by atoms with Gasteiger partial charge < -0.3 is 19.7 Å². The Bertz CT molecular complexity index is 2500. The molecular weight excluding hydrogens is 784 g/mol. The van der Waals surface area contributed by atoms with Gasteiger partial charge >= 0.3 is 0 Å². The summed E-state index contributed by atoms with van der Waals surface area (Å²) in [5.74, 6) is 3.87. The van der Waals surface area contributed by atoms with Crippen molar-refractivity contribution in [3.63, 3.8) is 0 Å². The second-order valence-electron chi connectivity index (χ2n) is 17.0. The van der Waals surface area contributed by atoms with Gasteiger partial charge in [0, 0.05) is 35.6 Å². The fourth-order valence-corrected chi connectivity index (χ4v) is 10.8. The van der Waals surface area contributed by atoms with Gasteiger partial charge in [-0.25, -0.2) is 0 Å². The number of aliphatic imine (C=N–C) groups is 1. The van der Waals surface area contributed by atoms with Gasteiger partial charge in [0.15, 0.2) is 17.3 Å². The number of carbonyl (C=O) groups excluding carboxylic acids is 1. The molecule has 2 spiro atoms. The van der Waals surface area contributed by atoms with Crippen LogP contribution in [0.2, 0.25) is 5.02 Å². The Kier molecular flexibility index (Phi) is 9.44. The molecule has 1 amide bonds. The number of halogens is 1. The van der Waals surface area contributed by atoms with E-state index in [1.165, 1.54) is 10.4 Å². The van der Waals surface area contributed by atoms with Gasteiger partial charge in [-0.15, -0.1) is 31.7 Å². The topological polar surface area (TPSA) is 156 Å². The number of hydrogen-bond acceptors (Lipinski definition) is 12. The van der Waals surface area contributed by atoms with Crippen LogP contribution in [0.3, 0.4) is 0 Å². The maximum absolute atomic E-state index is 13.1. The molecule has 0 unspecified atom stereocenters. The highest BCUT2D eigenvalue weighted by Gasteiger charge is 2.52. The van der Waals surface area contributed by atoms with Gasteiger partial charge in [0.2, 0.25) is 0 Å². The number of thiophene rings is 1. The zero-order valence-corrected chi connectivity index (χ0v) is 34.9. The Balaban J connectivity index is 0.697. The van der Waals surface area contributed by atoms with E-state index in [2.05, 4.69) is 61.2 Å². The number of rotatable bonds is 8. The predicted molar refractivity (Wildman–Crippen MR) is 224 cm³/mol. The van der Waals surface area contributed by atoms with Gasteiger partial charge in [-0.2, -0.15) is 5.26 Å². The van der Waals surface area contributed by atoms with Crippen LogP contribution in [-0.4, -0.2) is 72.9 Å². The molecule has 10 rings (SSSR count). The van der Waals surface area contributed by atoms with E-state index in [1.54, 1.807) is 35.6 Å². The van der Waals surface area contributed by atoms with E-state index in [0.717, 1.165) is 122 Å². The van der Waals surface area contributed by atoms with Crippen molar-refractivity contribution in [3.8, 4) is 22.6 Å². The second-order valence-corrected chi connectivity index (χ2v) is 18.6. The van der Waals surface area contributed by atoms with Crippen LogP contribution in [0.25, 0.3) is 5.00 Å². The number of benzene rings is 1. The highest BCUT2D eigenvalue weighted by molar-refractivity contribution is 7.15. The molecule has 0 bridgehead atoms. The largest absolute Gasteiger partial charge is 0.490 e. The van der Waals surface area contributed by atoms with Crippen LogP contribution in [0.4, 0.5) is 5.82 Å². The lowest BCUT2D eigenvalue weighted by atomic mass is 9.61. The van der Waals surface area contributed by atoms with Crippen LogP contribution in [0.1, 0.15) is 114 Å². The first-order chi connectivity index (χ1) is 28.6. The van der Waals surface area contributed by atoms with Crippen LogP contribution in [0.5, 0.6) is 11.5 Å². The molecule has 4 aromatic heterocycles. The Morgan fingerprint density at radius 3 is 2.36 bits per heavy atom. The third kappa shape index (κ3) is 7.01. The quantitative estimate of drug-likeness (QED) is 0.164. The number of ether oxygens (including phenoxy) is 2. The summed E-state index contributed by atoms with van der Waals surface area (Å²) in [5.41, 5.74) is 4.84. The van der Waals surface area contributed by atoms with Crippen LogP contribution >= 0.6 is 22.9 Å². The third-order valence-electron chi connectivity index (χ3n) is 13.1. The lowest BCUT2D eigenvalue weighted by Crippen LogP contribution is -2.51. The van der Waals surface area contributed by atoms with Crippen molar-refractivity contribution < 1.29 is 14.3 Å². The molecular formula is C44H45ClN10O3S. The van der Waals surface area contributed by atoms with Crippen molar-refractivity contribution in [1.82, 2.24) is 35.3 Å². The van der Waals surface area contributed by atoms with E-state index in [1.807, 2.05) is 25.3 Å². The highest BCUT2D eigenvalue weighted by atomic mass is 35.5. The van der Waals surface area contributed by atoms with E-state index in [4.69, 9.17) is 36.3 Å². The van der Waals surface area contributed by atoms with Crippen molar-refractivity contribution in [1.29, 1.82) is 5.26 Å². The summed E-state index contributed by atoms with van der Waals surface area (Å²) in [6.45, 7) is 8.14. The molecule has 5 aromatic rings. The molecule has 1 aromatic carbocycles. The maximum Gasteiger partial charge on any atom is 0.272 e. The molecule has 4 fully saturated rings. The Morgan fingerprint density at radius 1 is 0.915 bits per heavy atom. The number of pyridine rings is 1. The highest BCUT2D eigenvalue weighted by Crippen LogP contribution is 2.53. The number of nitrogens with zero attached hydrogens (tertiary/aromatic N) is 9. The number of hydrogen-bond donors (Lipinski definition) is 1. The molecule has 6 heterocycles. The average molecular weight is 829 g/mol. The number of aromatic nitrogens is 6. The number of fused-ring (bicyclic) bond motifs is 4. The molecule has 5 aliphatic rings. The number of nitriles is 1. The fourth-order valence-electron chi connectivity index (χ4n) is 9.35. The third-order valence-corrected chi connectivity index (χ3v) is 14.6. The van der Waals surface area contributed by atoms with Crippen LogP contribution in [0.15, 0.2) is 53.7 Å². The summed E-state index contributed by atoms with van der Waals surface area (Å²) in [7, 11) is 0. The number of aryl methyl sites for hydroxylation is 2. The first-order valence-electron chi connectivity index (χ1n) is 20.6. The molecule has 15 heteroatoms. The molecule has 1 saturated heterocycles. The van der Waals surface area contributed by atoms with Gasteiger partial charge in [-0.05, 0) is 132 Å². The molecule has 59 heavy (non-hydrogen) atoms. The average Bonchev–Trinajstić information content (AvgIpc) is 3.85. The SMILES string of the molecule is Cc1sc2c(c1C)C(c1ccc(OC3CC4(CCN(c5ccc(C(=O)NC6CCC(Oc7ccc(C#N)c(Cl)c7)CC6)nn5)CC4)C3)cn1)=NC1(CC1)c1nnc(C)n1-2. The molecule has 302 valence electrons. The van der Waals surface area contributed by atoms with Crippen molar-refractivity contribution in [3.05, 3.63) is 98.3 Å². The minimum absolute atomic E-state index is 0.0340. The van der Waals surface area contributed by atoms with Crippen LogP contribution in [-0.2, 0) is 5.54 Å². The van der Waals surface area contributed by atoms with Crippen molar-refractivity contribution in [2.45, 2.75) is 109 Å². The van der Waals surface area contributed by atoms with Gasteiger partial charge in [-0.3, -0.25) is 19.3 Å². The smallest absolute Gasteiger partial charge is 0.272 e. The van der Waals surface area contributed by atoms with E-state index in [9.17, 15) is 4.79 Å². The Hall–Kier alpha value is -5.39. The van der Waals surface area contributed by atoms with E-state index in [0.29, 0.717) is 22.0 Å². The number of amides is 1. The minimum atomic E-state index is -0.334.